The second-order valence-electron chi connectivity index (χ2n) is 6.95. The van der Waals surface area contributed by atoms with Crippen molar-refractivity contribution >= 4 is 44.1 Å². The van der Waals surface area contributed by atoms with Crippen molar-refractivity contribution in [3.63, 3.8) is 0 Å². The molecule has 2 rings (SSSR count). The number of sulfone groups is 1. The number of alkyl halides is 6. The maximum Gasteiger partial charge on any atom is 0.410 e. The number of halogens is 7. The first-order valence-electron chi connectivity index (χ1n) is 9.58. The Morgan fingerprint density at radius 3 is 2.06 bits per heavy atom. The fraction of sp³-hybridized carbons (Fsp3) is 0.333. The largest absolute Gasteiger partial charge is 0.482 e. The Balaban J connectivity index is 2.10. The molecule has 0 bridgehead atoms. The molecule has 35 heavy (non-hydrogen) atoms. The number of hydrogen-bond acceptors (Lipinski definition) is 6. The molecule has 0 amide bonds. The Kier molecular flexibility index (Phi) is 9.19. The molecule has 0 saturated heterocycles. The van der Waals surface area contributed by atoms with Gasteiger partial charge in [0.1, 0.15) is 17.6 Å². The fourth-order valence-electron chi connectivity index (χ4n) is 2.73. The second-order valence-corrected chi connectivity index (χ2v) is 10.3. The summed E-state index contributed by atoms with van der Waals surface area (Å²) in [5.74, 6) is -0.782. The molecule has 0 saturated carbocycles. The van der Waals surface area contributed by atoms with Gasteiger partial charge in [-0.05, 0) is 71.5 Å². The molecular weight excluding hydrogens is 619 g/mol. The van der Waals surface area contributed by atoms with Crippen LogP contribution >= 0.6 is 22.6 Å². The number of benzene rings is 2. The highest BCUT2D eigenvalue weighted by Crippen LogP contribution is 2.41. The Bertz CT molecular complexity index is 1170. The number of nitrogens with zero attached hydrogens (tertiary/aromatic N) is 1. The summed E-state index contributed by atoms with van der Waals surface area (Å²) < 4.78 is 115. The van der Waals surface area contributed by atoms with E-state index in [1.165, 1.54) is 0 Å². The van der Waals surface area contributed by atoms with E-state index in [1.54, 1.807) is 19.1 Å². The number of carbonyl (C=O) groups excluding carboxylic acids is 1. The molecule has 0 N–H and O–H groups in total. The zero-order valence-electron chi connectivity index (χ0n) is 18.0. The quantitative estimate of drug-likeness (QED) is 0.154. The molecule has 6 nitrogen and oxygen atoms in total. The summed E-state index contributed by atoms with van der Waals surface area (Å²) in [6, 6.07) is 11.0. The third kappa shape index (κ3) is 6.26. The average Bonchev–Trinajstić information content (AvgIpc) is 2.78. The Morgan fingerprint density at radius 1 is 1.03 bits per heavy atom. The minimum atomic E-state index is -7.01. The van der Waals surface area contributed by atoms with Crippen LogP contribution in [0.25, 0.3) is 0 Å². The molecule has 0 spiro atoms. The third-order valence-corrected chi connectivity index (χ3v) is 7.06. The van der Waals surface area contributed by atoms with Crippen LogP contribution in [0.1, 0.15) is 24.2 Å². The van der Waals surface area contributed by atoms with Crippen molar-refractivity contribution in [1.82, 2.24) is 0 Å². The van der Waals surface area contributed by atoms with Crippen molar-refractivity contribution in [1.29, 1.82) is 0 Å². The molecule has 0 aromatic heterocycles. The number of ether oxygens (including phenoxy) is 2. The topological polar surface area (TPSA) is 82.0 Å². The molecule has 0 radical (unpaired) electrons. The van der Waals surface area contributed by atoms with Crippen molar-refractivity contribution in [2.75, 3.05) is 13.7 Å². The highest BCUT2D eigenvalue weighted by molar-refractivity contribution is 14.1. The SMILES string of the molecule is CN=C(c1ccc(OCC(=O)OC(C)c2ccc(I)cc2)cc1)C(F)(F)S(=O)(=O)C(F)(F)C(F)F. The smallest absolute Gasteiger partial charge is 0.410 e. The molecule has 1 atom stereocenters. The number of carbonyl (C=O) groups is 1. The van der Waals surface area contributed by atoms with Crippen LogP contribution in [0.5, 0.6) is 5.75 Å². The molecule has 0 fully saturated rings. The average molecular weight is 637 g/mol. The maximum atomic E-state index is 14.4. The number of aliphatic imine (C=N–C) groups is 1. The zero-order valence-corrected chi connectivity index (χ0v) is 21.0. The lowest BCUT2D eigenvalue weighted by Crippen LogP contribution is -2.50. The van der Waals surface area contributed by atoms with Gasteiger partial charge in [0, 0.05) is 16.2 Å². The van der Waals surface area contributed by atoms with Gasteiger partial charge in [-0.1, -0.05) is 12.1 Å². The first-order valence-corrected chi connectivity index (χ1v) is 12.1. The van der Waals surface area contributed by atoms with Crippen LogP contribution in [0.3, 0.4) is 0 Å². The third-order valence-electron chi connectivity index (χ3n) is 4.58. The minimum Gasteiger partial charge on any atom is -0.482 e. The van der Waals surface area contributed by atoms with Crippen molar-refractivity contribution < 1.29 is 49.0 Å². The molecule has 14 heteroatoms. The predicted molar refractivity (Wildman–Crippen MR) is 123 cm³/mol. The number of rotatable bonds is 10. The Morgan fingerprint density at radius 2 is 1.57 bits per heavy atom. The second kappa shape index (κ2) is 11.1. The number of esters is 1. The van der Waals surface area contributed by atoms with E-state index >= 15 is 0 Å². The van der Waals surface area contributed by atoms with Gasteiger partial charge in [-0.3, -0.25) is 4.99 Å². The number of hydrogen-bond donors (Lipinski definition) is 0. The first kappa shape index (κ1) is 28.9. The van der Waals surface area contributed by atoms with Crippen molar-refractivity contribution in [3.8, 4) is 5.75 Å². The van der Waals surface area contributed by atoms with Gasteiger partial charge in [0.2, 0.25) is 0 Å². The summed E-state index contributed by atoms with van der Waals surface area (Å²) in [6.07, 6.45) is -5.45. The molecule has 1 unspecified atom stereocenters. The van der Waals surface area contributed by atoms with Crippen LogP contribution in [0.15, 0.2) is 53.5 Å². The van der Waals surface area contributed by atoms with Gasteiger partial charge in [0.15, 0.2) is 6.61 Å². The highest BCUT2D eigenvalue weighted by Gasteiger charge is 2.67. The van der Waals surface area contributed by atoms with E-state index < -0.39 is 56.7 Å². The molecule has 0 heterocycles. The van der Waals surface area contributed by atoms with Crippen LogP contribution in [-0.2, 0) is 19.4 Å². The van der Waals surface area contributed by atoms with Gasteiger partial charge in [0.05, 0.1) is 0 Å². The first-order chi connectivity index (χ1) is 16.1. The van der Waals surface area contributed by atoms with E-state index in [0.717, 1.165) is 33.4 Å². The molecule has 192 valence electrons. The van der Waals surface area contributed by atoms with Crippen LogP contribution in [-0.4, -0.2) is 50.7 Å². The van der Waals surface area contributed by atoms with Gasteiger partial charge in [0.25, 0.3) is 9.84 Å². The van der Waals surface area contributed by atoms with E-state index in [1.807, 2.05) is 12.1 Å². The molecule has 0 aliphatic heterocycles. The Hall–Kier alpha value is -2.36. The summed E-state index contributed by atoms with van der Waals surface area (Å²) >= 11 is 2.12. The lowest BCUT2D eigenvalue weighted by Gasteiger charge is -2.24. The normalized spacial score (nSPS) is 14.1. The summed E-state index contributed by atoms with van der Waals surface area (Å²) in [7, 11) is -6.32. The highest BCUT2D eigenvalue weighted by atomic mass is 127. The van der Waals surface area contributed by atoms with E-state index in [-0.39, 0.29) is 5.75 Å². The Labute approximate surface area is 210 Å². The van der Waals surface area contributed by atoms with Crippen molar-refractivity contribution in [2.45, 2.75) is 30.0 Å². The van der Waals surface area contributed by atoms with Crippen molar-refractivity contribution in [3.05, 3.63) is 63.2 Å². The van der Waals surface area contributed by atoms with Crippen LogP contribution < -0.4 is 4.74 Å². The van der Waals surface area contributed by atoms with E-state index in [0.29, 0.717) is 7.05 Å². The predicted octanol–water partition coefficient (Wildman–Crippen LogP) is 5.26. The van der Waals surface area contributed by atoms with Gasteiger partial charge < -0.3 is 9.47 Å². The van der Waals surface area contributed by atoms with E-state index in [2.05, 4.69) is 27.6 Å². The van der Waals surface area contributed by atoms with E-state index in [9.17, 15) is 39.6 Å². The zero-order chi connectivity index (χ0) is 26.6. The molecule has 0 aliphatic rings. The van der Waals surface area contributed by atoms with Crippen molar-refractivity contribution in [2.24, 2.45) is 4.99 Å². The summed E-state index contributed by atoms with van der Waals surface area (Å²) in [5, 5.41) is -11.4. The van der Waals surface area contributed by atoms with Gasteiger partial charge in [-0.25, -0.2) is 22.0 Å². The standard InChI is InChI=1S/C21H18F6INO5S/c1-12(13-3-7-15(28)8-4-13)34-17(30)11-33-16-9-5-14(6-10-16)18(29-2)20(24,25)35(31,32)21(26,27)19(22)23/h3-10,12,19H,11H2,1-2H3. The monoisotopic (exact) mass is 637 g/mol. The van der Waals surface area contributed by atoms with Crippen LogP contribution in [0.4, 0.5) is 26.3 Å². The summed E-state index contributed by atoms with van der Waals surface area (Å²) in [5.41, 5.74) is -1.58. The van der Waals surface area contributed by atoms with Crippen LogP contribution in [0.2, 0.25) is 0 Å². The molecule has 2 aromatic carbocycles. The lowest BCUT2D eigenvalue weighted by molar-refractivity contribution is -0.151. The summed E-state index contributed by atoms with van der Waals surface area (Å²) in [4.78, 5) is 15.0. The van der Waals surface area contributed by atoms with Gasteiger partial charge in [-0.15, -0.1) is 0 Å². The lowest BCUT2D eigenvalue weighted by atomic mass is 10.1. The maximum absolute atomic E-state index is 14.4. The molecule has 0 aliphatic carbocycles. The fourth-order valence-corrected chi connectivity index (χ4v) is 4.13. The molecular formula is C21H18F6INO5S. The van der Waals surface area contributed by atoms with E-state index in [4.69, 9.17) is 9.47 Å². The van der Waals surface area contributed by atoms with Gasteiger partial charge >= 0.3 is 22.9 Å². The molecule has 2 aromatic rings. The summed E-state index contributed by atoms with van der Waals surface area (Å²) in [6.45, 7) is 1.08. The van der Waals surface area contributed by atoms with Crippen LogP contribution in [0, 0.1) is 3.57 Å². The minimum absolute atomic E-state index is 0.0350. The van der Waals surface area contributed by atoms with Gasteiger partial charge in [-0.2, -0.15) is 17.6 Å².